The van der Waals surface area contributed by atoms with E-state index in [1.807, 2.05) is 30.3 Å². The Morgan fingerprint density at radius 1 is 1.38 bits per heavy atom. The summed E-state index contributed by atoms with van der Waals surface area (Å²) in [5, 5.41) is 12.9. The zero-order chi connectivity index (χ0) is 17.1. The number of nitrogens with one attached hydrogen (secondary N) is 1. The average molecular weight is 340 g/mol. The van der Waals surface area contributed by atoms with Crippen LogP contribution in [-0.2, 0) is 17.8 Å². The lowest BCUT2D eigenvalue weighted by atomic mass is 9.79. The summed E-state index contributed by atoms with van der Waals surface area (Å²) in [6.07, 6.45) is 1.58. The molecule has 1 amide bonds. The number of nitriles is 1. The van der Waals surface area contributed by atoms with Crippen molar-refractivity contribution in [2.24, 2.45) is 5.92 Å². The molecule has 4 nitrogen and oxygen atoms in total. The highest BCUT2D eigenvalue weighted by atomic mass is 32.1. The zero-order valence-electron chi connectivity index (χ0n) is 13.8. The summed E-state index contributed by atoms with van der Waals surface area (Å²) in [5.74, 6) is 0.896. The molecule has 3 rings (SSSR count). The second-order valence-corrected chi connectivity index (χ2v) is 7.35. The van der Waals surface area contributed by atoms with Crippen LogP contribution >= 0.6 is 11.3 Å². The Kier molecular flexibility index (Phi) is 4.86. The maximum absolute atomic E-state index is 12.1. The molecule has 1 aliphatic carbocycles. The van der Waals surface area contributed by atoms with Crippen LogP contribution in [0.25, 0.3) is 0 Å². The Morgan fingerprint density at radius 2 is 2.12 bits per heavy atom. The van der Waals surface area contributed by atoms with Gasteiger partial charge in [-0.05, 0) is 35.8 Å². The van der Waals surface area contributed by atoms with Gasteiger partial charge in [0.2, 0.25) is 0 Å². The third-order valence-electron chi connectivity index (χ3n) is 4.70. The van der Waals surface area contributed by atoms with Crippen molar-refractivity contribution in [1.82, 2.24) is 0 Å². The molecular formula is C19H20N2O2S. The van der Waals surface area contributed by atoms with Crippen molar-refractivity contribution in [1.29, 1.82) is 5.26 Å². The molecule has 124 valence electrons. The van der Waals surface area contributed by atoms with E-state index in [9.17, 15) is 10.1 Å². The van der Waals surface area contributed by atoms with E-state index in [1.165, 1.54) is 16.2 Å². The fourth-order valence-electron chi connectivity index (χ4n) is 3.10. The van der Waals surface area contributed by atoms with Crippen LogP contribution in [0.3, 0.4) is 0 Å². The largest absolute Gasteiger partial charge is 0.444 e. The van der Waals surface area contributed by atoms with Crippen molar-refractivity contribution in [2.75, 3.05) is 5.32 Å². The van der Waals surface area contributed by atoms with Crippen LogP contribution in [0.4, 0.5) is 9.80 Å². The number of hydrogen-bond acceptors (Lipinski definition) is 4. The van der Waals surface area contributed by atoms with E-state index < -0.39 is 6.09 Å². The molecule has 2 aromatic rings. The van der Waals surface area contributed by atoms with Gasteiger partial charge in [-0.15, -0.1) is 11.3 Å². The maximum atomic E-state index is 12.1. The summed E-state index contributed by atoms with van der Waals surface area (Å²) < 4.78 is 5.26. The Balaban J connectivity index is 1.72. The van der Waals surface area contributed by atoms with Gasteiger partial charge in [-0.2, -0.15) is 5.26 Å². The molecule has 1 N–H and O–H groups in total. The summed E-state index contributed by atoms with van der Waals surface area (Å²) in [4.78, 5) is 13.3. The van der Waals surface area contributed by atoms with Crippen molar-refractivity contribution in [3.8, 4) is 6.07 Å². The number of fused-ring (bicyclic) bond motifs is 1. The van der Waals surface area contributed by atoms with Gasteiger partial charge in [0.05, 0.1) is 5.56 Å². The smallest absolute Gasteiger partial charge is 0.412 e. The molecule has 0 radical (unpaired) electrons. The monoisotopic (exact) mass is 340 g/mol. The standard InChI is InChI=1S/C19H20N2O2S/c1-12-8-9-16-17(13(12)2)15(10-20)18(24-16)21-19(22)23-11-14-6-4-3-5-7-14/h3-7,12-13H,8-9,11H2,1-2H3,(H,21,22). The van der Waals surface area contributed by atoms with Crippen LogP contribution in [0.5, 0.6) is 0 Å². The van der Waals surface area contributed by atoms with Crippen molar-refractivity contribution in [2.45, 2.75) is 39.2 Å². The molecule has 0 saturated heterocycles. The van der Waals surface area contributed by atoms with E-state index in [1.54, 1.807) is 0 Å². The van der Waals surface area contributed by atoms with E-state index in [0.29, 0.717) is 22.4 Å². The lowest BCUT2D eigenvalue weighted by molar-refractivity contribution is 0.155. The van der Waals surface area contributed by atoms with Gasteiger partial charge in [-0.25, -0.2) is 4.79 Å². The molecule has 2 unspecified atom stereocenters. The third kappa shape index (κ3) is 3.29. The molecule has 0 spiro atoms. The normalized spacial score (nSPS) is 19.2. The highest BCUT2D eigenvalue weighted by molar-refractivity contribution is 7.16. The number of rotatable bonds is 3. The number of hydrogen-bond donors (Lipinski definition) is 1. The Labute approximate surface area is 146 Å². The van der Waals surface area contributed by atoms with E-state index >= 15 is 0 Å². The van der Waals surface area contributed by atoms with Crippen LogP contribution in [0.2, 0.25) is 0 Å². The molecule has 24 heavy (non-hydrogen) atoms. The summed E-state index contributed by atoms with van der Waals surface area (Å²) in [7, 11) is 0. The number of amides is 1. The summed E-state index contributed by atoms with van der Waals surface area (Å²) in [6.45, 7) is 4.59. The fourth-order valence-corrected chi connectivity index (χ4v) is 4.36. The molecule has 2 atom stereocenters. The summed E-state index contributed by atoms with van der Waals surface area (Å²) >= 11 is 1.51. The minimum atomic E-state index is -0.519. The molecule has 5 heteroatoms. The number of benzene rings is 1. The minimum Gasteiger partial charge on any atom is -0.444 e. The maximum Gasteiger partial charge on any atom is 0.412 e. The summed E-state index contributed by atoms with van der Waals surface area (Å²) in [6, 6.07) is 11.8. The number of carbonyl (C=O) groups is 1. The molecule has 1 heterocycles. The Bertz CT molecular complexity index is 777. The summed E-state index contributed by atoms with van der Waals surface area (Å²) in [5.41, 5.74) is 2.64. The quantitative estimate of drug-likeness (QED) is 0.850. The first-order valence-electron chi connectivity index (χ1n) is 8.13. The van der Waals surface area contributed by atoms with E-state index in [0.717, 1.165) is 24.0 Å². The number of anilines is 1. The second-order valence-electron chi connectivity index (χ2n) is 6.25. The van der Waals surface area contributed by atoms with Crippen LogP contribution in [0.1, 0.15) is 47.8 Å². The lowest BCUT2D eigenvalue weighted by Gasteiger charge is -2.26. The molecule has 0 aliphatic heterocycles. The van der Waals surface area contributed by atoms with Gasteiger partial charge >= 0.3 is 6.09 Å². The Morgan fingerprint density at radius 3 is 2.83 bits per heavy atom. The molecule has 1 aromatic carbocycles. The first-order valence-corrected chi connectivity index (χ1v) is 8.95. The number of aryl methyl sites for hydroxylation is 1. The number of carbonyl (C=O) groups excluding carboxylic acids is 1. The highest BCUT2D eigenvalue weighted by Gasteiger charge is 2.30. The van der Waals surface area contributed by atoms with Crippen molar-refractivity contribution in [3.63, 3.8) is 0 Å². The van der Waals surface area contributed by atoms with E-state index in [4.69, 9.17) is 4.74 Å². The second kappa shape index (κ2) is 7.06. The van der Waals surface area contributed by atoms with Gasteiger partial charge in [-0.1, -0.05) is 44.2 Å². The zero-order valence-corrected chi connectivity index (χ0v) is 14.7. The van der Waals surface area contributed by atoms with Crippen molar-refractivity contribution >= 4 is 22.4 Å². The lowest BCUT2D eigenvalue weighted by Crippen LogP contribution is -2.15. The van der Waals surface area contributed by atoms with Gasteiger partial charge in [0.1, 0.15) is 17.7 Å². The SMILES string of the molecule is CC1CCc2sc(NC(=O)OCc3ccccc3)c(C#N)c2C1C. The average Bonchev–Trinajstić information content (AvgIpc) is 2.95. The van der Waals surface area contributed by atoms with Gasteiger partial charge in [0.15, 0.2) is 0 Å². The van der Waals surface area contributed by atoms with Crippen LogP contribution < -0.4 is 5.32 Å². The molecule has 0 saturated carbocycles. The number of nitrogens with zero attached hydrogens (tertiary/aromatic N) is 1. The Hall–Kier alpha value is -2.32. The van der Waals surface area contributed by atoms with Gasteiger partial charge in [-0.3, -0.25) is 5.32 Å². The first-order chi connectivity index (χ1) is 11.6. The molecule has 1 aliphatic rings. The highest BCUT2D eigenvalue weighted by Crippen LogP contribution is 2.45. The number of ether oxygens (including phenoxy) is 1. The fraction of sp³-hybridized carbons (Fsp3) is 0.368. The minimum absolute atomic E-state index is 0.215. The van der Waals surface area contributed by atoms with Crippen LogP contribution in [0.15, 0.2) is 30.3 Å². The molecule has 0 bridgehead atoms. The van der Waals surface area contributed by atoms with Crippen molar-refractivity contribution < 1.29 is 9.53 Å². The third-order valence-corrected chi connectivity index (χ3v) is 5.88. The first kappa shape index (κ1) is 16.5. The number of thiophene rings is 1. The van der Waals surface area contributed by atoms with Crippen molar-refractivity contribution in [3.05, 3.63) is 51.9 Å². The van der Waals surface area contributed by atoms with Crippen LogP contribution in [0, 0.1) is 17.2 Å². The van der Waals surface area contributed by atoms with E-state index in [2.05, 4.69) is 25.2 Å². The molecule has 0 fully saturated rings. The van der Waals surface area contributed by atoms with Gasteiger partial charge in [0.25, 0.3) is 0 Å². The predicted octanol–water partition coefficient (Wildman–Crippen LogP) is 5.05. The van der Waals surface area contributed by atoms with E-state index in [-0.39, 0.29) is 6.61 Å². The topological polar surface area (TPSA) is 62.1 Å². The van der Waals surface area contributed by atoms with Gasteiger partial charge < -0.3 is 4.74 Å². The molecular weight excluding hydrogens is 320 g/mol. The predicted molar refractivity (Wildman–Crippen MR) is 95.2 cm³/mol. The van der Waals surface area contributed by atoms with Gasteiger partial charge in [0, 0.05) is 4.88 Å². The van der Waals surface area contributed by atoms with Crippen LogP contribution in [-0.4, -0.2) is 6.09 Å². The molecule has 1 aromatic heterocycles.